The molecule has 78 valence electrons. The Morgan fingerprint density at radius 1 is 1.57 bits per heavy atom. The van der Waals surface area contributed by atoms with Crippen LogP contribution in [0.3, 0.4) is 0 Å². The lowest BCUT2D eigenvalue weighted by atomic mass is 10.5. The molecule has 0 saturated carbocycles. The van der Waals surface area contributed by atoms with Crippen LogP contribution in [0.25, 0.3) is 0 Å². The Balaban J connectivity index is 1.76. The molecule has 1 aromatic heterocycles. The van der Waals surface area contributed by atoms with Gasteiger partial charge >= 0.3 is 0 Å². The van der Waals surface area contributed by atoms with Crippen LogP contribution in [-0.2, 0) is 11.3 Å². The van der Waals surface area contributed by atoms with Crippen LogP contribution in [0.15, 0.2) is 5.38 Å². The van der Waals surface area contributed by atoms with Gasteiger partial charge in [0.1, 0.15) is 5.01 Å². The molecule has 0 bridgehead atoms. The second-order valence-electron chi connectivity index (χ2n) is 3.32. The van der Waals surface area contributed by atoms with Crippen molar-refractivity contribution >= 4 is 11.3 Å². The van der Waals surface area contributed by atoms with E-state index in [1.807, 2.05) is 6.92 Å². The van der Waals surface area contributed by atoms with Gasteiger partial charge in [-0.25, -0.2) is 15.4 Å². The Labute approximate surface area is 87.9 Å². The number of morpholine rings is 1. The molecule has 1 aliphatic heterocycles. The van der Waals surface area contributed by atoms with Crippen molar-refractivity contribution in [2.24, 2.45) is 0 Å². The topological polar surface area (TPSA) is 37.4 Å². The molecule has 4 nitrogen and oxygen atoms in total. The maximum atomic E-state index is 5.26. The molecule has 1 aliphatic rings. The monoisotopic (exact) mass is 213 g/mol. The molecule has 2 rings (SSSR count). The molecule has 1 N–H and O–H groups in total. The third kappa shape index (κ3) is 2.75. The number of aromatic nitrogens is 1. The first-order chi connectivity index (χ1) is 6.84. The van der Waals surface area contributed by atoms with E-state index < -0.39 is 0 Å². The summed E-state index contributed by atoms with van der Waals surface area (Å²) in [7, 11) is 0. The molecule has 0 unspecified atom stereocenters. The Hall–Kier alpha value is -0.490. The van der Waals surface area contributed by atoms with Gasteiger partial charge in [-0.15, -0.1) is 11.3 Å². The summed E-state index contributed by atoms with van der Waals surface area (Å²) in [5, 5.41) is 5.42. The average molecular weight is 213 g/mol. The minimum Gasteiger partial charge on any atom is -0.379 e. The lowest BCUT2D eigenvalue weighted by Crippen LogP contribution is -2.45. The fourth-order valence-electron chi connectivity index (χ4n) is 1.38. The maximum Gasteiger partial charge on any atom is 0.108 e. The number of nitrogens with one attached hydrogen (secondary N) is 1. The van der Waals surface area contributed by atoms with E-state index in [1.54, 1.807) is 11.3 Å². The SMILES string of the molecule is Cc1csc(CNN2CCOCC2)n1. The van der Waals surface area contributed by atoms with Crippen LogP contribution in [0.4, 0.5) is 0 Å². The van der Waals surface area contributed by atoms with Crippen LogP contribution >= 0.6 is 11.3 Å². The van der Waals surface area contributed by atoms with Crippen molar-refractivity contribution in [1.82, 2.24) is 15.4 Å². The summed E-state index contributed by atoms with van der Waals surface area (Å²) in [5.41, 5.74) is 4.46. The minimum atomic E-state index is 0.823. The molecule has 1 aromatic rings. The number of hydrogen-bond donors (Lipinski definition) is 1. The van der Waals surface area contributed by atoms with E-state index >= 15 is 0 Å². The Morgan fingerprint density at radius 3 is 3.00 bits per heavy atom. The number of rotatable bonds is 3. The normalized spacial score (nSPS) is 18.6. The second-order valence-corrected chi connectivity index (χ2v) is 4.26. The molecule has 2 heterocycles. The van der Waals surface area contributed by atoms with Crippen molar-refractivity contribution < 1.29 is 4.74 Å². The molecule has 0 radical (unpaired) electrons. The third-order valence-electron chi connectivity index (χ3n) is 2.13. The first-order valence-corrected chi connectivity index (χ1v) is 5.70. The zero-order chi connectivity index (χ0) is 9.80. The number of hydrazine groups is 1. The van der Waals surface area contributed by atoms with Gasteiger partial charge in [-0.3, -0.25) is 0 Å². The molecule has 5 heteroatoms. The van der Waals surface area contributed by atoms with Crippen LogP contribution in [0.1, 0.15) is 10.7 Å². The first kappa shape index (κ1) is 10.0. The van der Waals surface area contributed by atoms with Gasteiger partial charge in [0.15, 0.2) is 0 Å². The van der Waals surface area contributed by atoms with E-state index in [1.165, 1.54) is 0 Å². The van der Waals surface area contributed by atoms with E-state index in [-0.39, 0.29) is 0 Å². The van der Waals surface area contributed by atoms with Crippen LogP contribution in [0, 0.1) is 6.92 Å². The number of nitrogens with zero attached hydrogens (tertiary/aromatic N) is 2. The summed E-state index contributed by atoms with van der Waals surface area (Å²) < 4.78 is 5.26. The maximum absolute atomic E-state index is 5.26. The summed E-state index contributed by atoms with van der Waals surface area (Å²) in [6.07, 6.45) is 0. The van der Waals surface area contributed by atoms with Gasteiger partial charge in [0.05, 0.1) is 19.8 Å². The van der Waals surface area contributed by atoms with Gasteiger partial charge in [0, 0.05) is 24.2 Å². The summed E-state index contributed by atoms with van der Waals surface area (Å²) >= 11 is 1.71. The van der Waals surface area contributed by atoms with Crippen LogP contribution in [-0.4, -0.2) is 36.3 Å². The second kappa shape index (κ2) is 4.84. The fourth-order valence-corrected chi connectivity index (χ4v) is 2.09. The van der Waals surface area contributed by atoms with Crippen LogP contribution in [0.2, 0.25) is 0 Å². The largest absolute Gasteiger partial charge is 0.379 e. The van der Waals surface area contributed by atoms with Gasteiger partial charge in [0.25, 0.3) is 0 Å². The highest BCUT2D eigenvalue weighted by atomic mass is 32.1. The number of hydrogen-bond acceptors (Lipinski definition) is 5. The quantitative estimate of drug-likeness (QED) is 0.805. The highest BCUT2D eigenvalue weighted by molar-refractivity contribution is 7.09. The molecule has 0 aliphatic carbocycles. The highest BCUT2D eigenvalue weighted by Crippen LogP contribution is 2.08. The van der Waals surface area contributed by atoms with E-state index in [0.29, 0.717) is 0 Å². The van der Waals surface area contributed by atoms with Crippen LogP contribution < -0.4 is 5.43 Å². The molecule has 0 amide bonds. The molecule has 0 aromatic carbocycles. The minimum absolute atomic E-state index is 0.823. The van der Waals surface area contributed by atoms with E-state index in [9.17, 15) is 0 Å². The Kier molecular flexibility index (Phi) is 3.47. The molecule has 0 spiro atoms. The highest BCUT2D eigenvalue weighted by Gasteiger charge is 2.09. The lowest BCUT2D eigenvalue weighted by Gasteiger charge is -2.26. The number of ether oxygens (including phenoxy) is 1. The predicted octanol–water partition coefficient (Wildman–Crippen LogP) is 0.788. The first-order valence-electron chi connectivity index (χ1n) is 4.82. The predicted molar refractivity (Wildman–Crippen MR) is 56.1 cm³/mol. The van der Waals surface area contributed by atoms with Crippen molar-refractivity contribution in [3.05, 3.63) is 16.1 Å². The summed E-state index contributed by atoms with van der Waals surface area (Å²) in [6.45, 7) is 6.43. The van der Waals surface area contributed by atoms with Crippen molar-refractivity contribution in [1.29, 1.82) is 0 Å². The van der Waals surface area contributed by atoms with Crippen molar-refractivity contribution in [3.63, 3.8) is 0 Å². The fraction of sp³-hybridized carbons (Fsp3) is 0.667. The van der Waals surface area contributed by atoms with E-state index in [2.05, 4.69) is 20.8 Å². The van der Waals surface area contributed by atoms with Gasteiger partial charge in [-0.2, -0.15) is 0 Å². The molecular weight excluding hydrogens is 198 g/mol. The summed E-state index contributed by atoms with van der Waals surface area (Å²) in [5.74, 6) is 0. The Morgan fingerprint density at radius 2 is 2.36 bits per heavy atom. The third-order valence-corrected chi connectivity index (χ3v) is 3.10. The smallest absolute Gasteiger partial charge is 0.108 e. The van der Waals surface area contributed by atoms with Gasteiger partial charge in [0.2, 0.25) is 0 Å². The van der Waals surface area contributed by atoms with Gasteiger partial charge in [-0.1, -0.05) is 0 Å². The average Bonchev–Trinajstić information content (AvgIpc) is 2.63. The van der Waals surface area contributed by atoms with Crippen molar-refractivity contribution in [3.8, 4) is 0 Å². The van der Waals surface area contributed by atoms with Gasteiger partial charge in [-0.05, 0) is 6.92 Å². The Bertz CT molecular complexity index is 283. The van der Waals surface area contributed by atoms with Crippen LogP contribution in [0.5, 0.6) is 0 Å². The molecular formula is C9H15N3OS. The number of aryl methyl sites for hydroxylation is 1. The van der Waals surface area contributed by atoms with E-state index in [4.69, 9.17) is 4.74 Å². The lowest BCUT2D eigenvalue weighted by molar-refractivity contribution is 0.0105. The molecule has 14 heavy (non-hydrogen) atoms. The van der Waals surface area contributed by atoms with Crippen molar-refractivity contribution in [2.75, 3.05) is 26.3 Å². The van der Waals surface area contributed by atoms with E-state index in [0.717, 1.165) is 43.5 Å². The molecule has 0 atom stereocenters. The van der Waals surface area contributed by atoms with Gasteiger partial charge < -0.3 is 4.74 Å². The number of thiazole rings is 1. The summed E-state index contributed by atoms with van der Waals surface area (Å²) in [6, 6.07) is 0. The zero-order valence-corrected chi connectivity index (χ0v) is 9.14. The molecule has 1 fully saturated rings. The summed E-state index contributed by atoms with van der Waals surface area (Å²) in [4.78, 5) is 4.39. The van der Waals surface area contributed by atoms with Crippen molar-refractivity contribution in [2.45, 2.75) is 13.5 Å². The molecule has 1 saturated heterocycles. The zero-order valence-electron chi connectivity index (χ0n) is 8.32. The standard InChI is InChI=1S/C9H15N3OS/c1-8-7-14-9(11-8)6-10-12-2-4-13-5-3-12/h7,10H,2-6H2,1H3.